The first-order chi connectivity index (χ1) is 16.1. The normalized spacial score (nSPS) is 55.0. The summed E-state index contributed by atoms with van der Waals surface area (Å²) >= 11 is 0. The van der Waals surface area contributed by atoms with Gasteiger partial charge in [0.2, 0.25) is 0 Å². The van der Waals surface area contributed by atoms with E-state index < -0.39 is 34.4 Å². The van der Waals surface area contributed by atoms with Crippen LogP contribution in [0.2, 0.25) is 0 Å². The van der Waals surface area contributed by atoms with Crippen LogP contribution in [-0.2, 0) is 4.79 Å². The summed E-state index contributed by atoms with van der Waals surface area (Å²) in [6.45, 7) is 13.2. The Morgan fingerprint density at radius 1 is 0.971 bits per heavy atom. The molecule has 5 heteroatoms. The minimum absolute atomic E-state index is 0.0857. The predicted molar refractivity (Wildman–Crippen MR) is 135 cm³/mol. The lowest BCUT2D eigenvalue weighted by Crippen LogP contribution is -2.70. The molecule has 0 amide bonds. The standard InChI is InChI=1S/C30H48O5/c1-25(2)11-12-26(3)13-14-30(24(34)35)18(19(26)15-25)7-8-21-27(4)10-9-22(33)28(5,17-31)23(27)20(32)16-29(21,30)6/h7,19-23,31-33H,8-17H2,1-6H3,(H,34,35)/t19-,20+,21+,22-,23+,26+,27+,28+,29+,30+/m0/s1. The van der Waals surface area contributed by atoms with Gasteiger partial charge in [-0.25, -0.2) is 0 Å². The molecule has 5 rings (SSSR count). The Balaban J connectivity index is 1.67. The number of allylic oxidation sites excluding steroid dienone is 1. The zero-order valence-electron chi connectivity index (χ0n) is 22.7. The summed E-state index contributed by atoms with van der Waals surface area (Å²) in [4.78, 5) is 13.5. The highest BCUT2D eigenvalue weighted by Gasteiger charge is 2.73. The number of aliphatic hydroxyl groups is 3. The third-order valence-electron chi connectivity index (χ3n) is 12.9. The van der Waals surface area contributed by atoms with E-state index in [1.165, 1.54) is 6.42 Å². The van der Waals surface area contributed by atoms with Crippen LogP contribution in [0.3, 0.4) is 0 Å². The fraction of sp³-hybridized carbons (Fsp3) is 0.900. The Morgan fingerprint density at radius 3 is 2.26 bits per heavy atom. The summed E-state index contributed by atoms with van der Waals surface area (Å²) in [5, 5.41) is 44.2. The first kappa shape index (κ1) is 25.7. The largest absolute Gasteiger partial charge is 0.481 e. The third-order valence-corrected chi connectivity index (χ3v) is 12.9. The van der Waals surface area contributed by atoms with Crippen LogP contribution in [0.15, 0.2) is 11.6 Å². The predicted octanol–water partition coefficient (Wildman–Crippen LogP) is 5.18. The summed E-state index contributed by atoms with van der Waals surface area (Å²) in [5.74, 6) is -0.614. The lowest BCUT2D eigenvalue weighted by molar-refractivity contribution is -0.254. The van der Waals surface area contributed by atoms with Crippen molar-refractivity contribution in [3.05, 3.63) is 11.6 Å². The van der Waals surface area contributed by atoms with Crippen molar-refractivity contribution >= 4 is 5.97 Å². The van der Waals surface area contributed by atoms with Crippen molar-refractivity contribution in [2.24, 2.45) is 50.2 Å². The fourth-order valence-corrected chi connectivity index (χ4v) is 10.8. The summed E-state index contributed by atoms with van der Waals surface area (Å²) in [6.07, 6.45) is 8.40. The minimum Gasteiger partial charge on any atom is -0.481 e. The molecule has 0 aromatic heterocycles. The van der Waals surface area contributed by atoms with Crippen LogP contribution >= 0.6 is 0 Å². The zero-order chi connectivity index (χ0) is 25.8. The summed E-state index contributed by atoms with van der Waals surface area (Å²) in [5.41, 5.74) is -1.17. The van der Waals surface area contributed by atoms with Crippen LogP contribution in [-0.4, -0.2) is 45.2 Å². The average molecular weight is 489 g/mol. The summed E-state index contributed by atoms with van der Waals surface area (Å²) in [7, 11) is 0. The molecule has 0 aliphatic heterocycles. The monoisotopic (exact) mass is 488 g/mol. The molecule has 4 fully saturated rings. The van der Waals surface area contributed by atoms with Gasteiger partial charge in [0.15, 0.2) is 0 Å². The van der Waals surface area contributed by atoms with Crippen LogP contribution in [0.5, 0.6) is 0 Å². The zero-order valence-corrected chi connectivity index (χ0v) is 22.7. The molecule has 5 aliphatic rings. The van der Waals surface area contributed by atoms with Crippen molar-refractivity contribution < 1.29 is 25.2 Å². The van der Waals surface area contributed by atoms with Gasteiger partial charge in [0, 0.05) is 11.3 Å². The van der Waals surface area contributed by atoms with Crippen LogP contribution in [0.4, 0.5) is 0 Å². The summed E-state index contributed by atoms with van der Waals surface area (Å²) < 4.78 is 0. The Morgan fingerprint density at radius 2 is 1.63 bits per heavy atom. The van der Waals surface area contributed by atoms with Gasteiger partial charge in [0.25, 0.3) is 0 Å². The van der Waals surface area contributed by atoms with Gasteiger partial charge < -0.3 is 20.4 Å². The Bertz CT molecular complexity index is 941. The quantitative estimate of drug-likeness (QED) is 0.402. The number of hydrogen-bond acceptors (Lipinski definition) is 4. The maximum atomic E-state index is 13.5. The number of fused-ring (bicyclic) bond motifs is 7. The second-order valence-corrected chi connectivity index (χ2v) is 15.1. The number of aliphatic carboxylic acids is 1. The van der Waals surface area contributed by atoms with Gasteiger partial charge in [-0.3, -0.25) is 4.79 Å². The number of carboxylic acids is 1. The molecule has 0 saturated heterocycles. The van der Waals surface area contributed by atoms with Gasteiger partial charge in [-0.05, 0) is 91.3 Å². The van der Waals surface area contributed by atoms with Gasteiger partial charge in [-0.1, -0.05) is 53.2 Å². The Kier molecular flexibility index (Phi) is 5.56. The molecule has 35 heavy (non-hydrogen) atoms. The summed E-state index contributed by atoms with van der Waals surface area (Å²) in [6, 6.07) is 0. The van der Waals surface area contributed by atoms with E-state index in [-0.39, 0.29) is 40.6 Å². The smallest absolute Gasteiger partial charge is 0.314 e. The highest BCUT2D eigenvalue weighted by Crippen LogP contribution is 2.75. The molecule has 0 aromatic carbocycles. The molecule has 4 N–H and O–H groups in total. The fourth-order valence-electron chi connectivity index (χ4n) is 10.8. The van der Waals surface area contributed by atoms with Crippen molar-refractivity contribution in [1.82, 2.24) is 0 Å². The van der Waals surface area contributed by atoms with Gasteiger partial charge >= 0.3 is 5.97 Å². The lowest BCUT2D eigenvalue weighted by Gasteiger charge is -2.71. The number of hydrogen-bond donors (Lipinski definition) is 4. The highest BCUT2D eigenvalue weighted by molar-refractivity contribution is 5.81. The maximum absolute atomic E-state index is 13.5. The molecular formula is C30H48O5. The highest BCUT2D eigenvalue weighted by atomic mass is 16.4. The second kappa shape index (κ2) is 7.57. The van der Waals surface area contributed by atoms with Gasteiger partial charge in [0.05, 0.1) is 24.2 Å². The lowest BCUT2D eigenvalue weighted by atomic mass is 9.32. The molecule has 0 heterocycles. The van der Waals surface area contributed by atoms with E-state index in [1.54, 1.807) is 0 Å². The first-order valence-corrected chi connectivity index (χ1v) is 14.0. The van der Waals surface area contributed by atoms with Gasteiger partial charge in [0.1, 0.15) is 0 Å². The molecule has 198 valence electrons. The molecule has 0 unspecified atom stereocenters. The number of carbonyl (C=O) groups is 1. The van der Waals surface area contributed by atoms with E-state index in [2.05, 4.69) is 40.7 Å². The molecular weight excluding hydrogens is 440 g/mol. The third kappa shape index (κ3) is 3.07. The second-order valence-electron chi connectivity index (χ2n) is 15.1. The molecule has 5 nitrogen and oxygen atoms in total. The van der Waals surface area contributed by atoms with Crippen LogP contribution < -0.4 is 0 Å². The Hall–Kier alpha value is -0.910. The molecule has 0 radical (unpaired) electrons. The van der Waals surface area contributed by atoms with Crippen molar-refractivity contribution in [3.63, 3.8) is 0 Å². The van der Waals surface area contributed by atoms with E-state index in [4.69, 9.17) is 0 Å². The molecule has 0 bridgehead atoms. The number of carboxylic acid groups (broad SMARTS) is 1. The topological polar surface area (TPSA) is 98.0 Å². The van der Waals surface area contributed by atoms with Crippen LogP contribution in [0.1, 0.15) is 99.3 Å². The van der Waals surface area contributed by atoms with E-state index in [9.17, 15) is 25.2 Å². The van der Waals surface area contributed by atoms with Gasteiger partial charge in [-0.2, -0.15) is 0 Å². The minimum atomic E-state index is -0.964. The van der Waals surface area contributed by atoms with Crippen molar-refractivity contribution in [2.45, 2.75) is 112 Å². The van der Waals surface area contributed by atoms with E-state index in [0.717, 1.165) is 37.7 Å². The number of rotatable bonds is 2. The van der Waals surface area contributed by atoms with Crippen LogP contribution in [0, 0.1) is 50.2 Å². The van der Waals surface area contributed by atoms with Crippen molar-refractivity contribution in [3.8, 4) is 0 Å². The van der Waals surface area contributed by atoms with E-state index in [1.807, 2.05) is 6.92 Å². The molecule has 4 saturated carbocycles. The molecule has 0 aromatic rings. The average Bonchev–Trinajstić information content (AvgIpc) is 2.76. The van der Waals surface area contributed by atoms with Crippen molar-refractivity contribution in [2.75, 3.05) is 6.61 Å². The molecule has 0 spiro atoms. The van der Waals surface area contributed by atoms with E-state index in [0.29, 0.717) is 19.3 Å². The first-order valence-electron chi connectivity index (χ1n) is 14.0. The van der Waals surface area contributed by atoms with Crippen molar-refractivity contribution in [1.29, 1.82) is 0 Å². The molecule has 5 aliphatic carbocycles. The van der Waals surface area contributed by atoms with E-state index >= 15 is 0 Å². The van der Waals surface area contributed by atoms with Crippen LogP contribution in [0.25, 0.3) is 0 Å². The molecule has 10 atom stereocenters. The van der Waals surface area contributed by atoms with Gasteiger partial charge in [-0.15, -0.1) is 0 Å². The SMILES string of the molecule is CC1(C)CC[C@]2(C)CC[C@]3(C(=O)O)C(=CC[C@@H]4[C@@]5(C)CC[C@H](O)[C@@](C)(CO)[C@@H]5[C@H](O)C[C@]43C)[C@@H]2C1. The maximum Gasteiger partial charge on any atom is 0.314 e. The Labute approximate surface area is 211 Å². The number of aliphatic hydroxyl groups excluding tert-OH is 3.